The zero-order valence-electron chi connectivity index (χ0n) is 12.6. The zero-order valence-corrected chi connectivity index (χ0v) is 14.2. The minimum Gasteiger partial charge on any atom is -0.329 e. The van der Waals surface area contributed by atoms with Crippen LogP contribution in [0.2, 0.25) is 0 Å². The number of nitriles is 1. The number of sulfone groups is 1. The summed E-state index contributed by atoms with van der Waals surface area (Å²) in [6.45, 7) is 3.06. The third-order valence-corrected chi connectivity index (χ3v) is 5.74. The quantitative estimate of drug-likeness (QED) is 0.620. The molecule has 1 heterocycles. The lowest BCUT2D eigenvalue weighted by Crippen LogP contribution is -2.16. The van der Waals surface area contributed by atoms with Gasteiger partial charge in [-0.05, 0) is 32.9 Å². The standard InChI is InChI=1S/C13H17N5O2S2/c1-8(2)22(19,20)10(6-14)7-15-12-16-11(9-4-5-9)17-13(18-12)21-3/h7-9H,4-5H2,1-3H3,(H,15,16,17,18)/b10-7+. The maximum atomic E-state index is 12.0. The van der Waals surface area contributed by atoms with Crippen LogP contribution in [0.1, 0.15) is 38.4 Å². The van der Waals surface area contributed by atoms with E-state index in [1.165, 1.54) is 25.6 Å². The molecular formula is C13H17N5O2S2. The molecule has 0 aromatic carbocycles. The van der Waals surface area contributed by atoms with Gasteiger partial charge in [-0.25, -0.2) is 13.4 Å². The van der Waals surface area contributed by atoms with Crippen LogP contribution < -0.4 is 5.32 Å². The van der Waals surface area contributed by atoms with Gasteiger partial charge in [0.15, 0.2) is 19.9 Å². The predicted octanol–water partition coefficient (Wildman–Crippen LogP) is 2.07. The lowest BCUT2D eigenvalue weighted by molar-refractivity contribution is 0.594. The van der Waals surface area contributed by atoms with E-state index < -0.39 is 15.1 Å². The van der Waals surface area contributed by atoms with E-state index in [0.717, 1.165) is 19.0 Å². The van der Waals surface area contributed by atoms with E-state index in [-0.39, 0.29) is 10.9 Å². The fraction of sp³-hybridized carbons (Fsp3) is 0.538. The highest BCUT2D eigenvalue weighted by Crippen LogP contribution is 2.38. The maximum absolute atomic E-state index is 12.0. The second-order valence-corrected chi connectivity index (χ2v) is 8.38. The fourth-order valence-electron chi connectivity index (χ4n) is 1.61. The molecule has 7 nitrogen and oxygen atoms in total. The summed E-state index contributed by atoms with van der Waals surface area (Å²) in [5, 5.41) is 11.7. The molecule has 1 N–H and O–H groups in total. The van der Waals surface area contributed by atoms with Crippen molar-refractivity contribution in [3.05, 3.63) is 16.9 Å². The third kappa shape index (κ3) is 3.75. The van der Waals surface area contributed by atoms with E-state index in [2.05, 4.69) is 20.3 Å². The summed E-state index contributed by atoms with van der Waals surface area (Å²) in [4.78, 5) is 12.5. The molecule has 1 aromatic rings. The van der Waals surface area contributed by atoms with Crippen molar-refractivity contribution in [1.29, 1.82) is 5.26 Å². The average Bonchev–Trinajstić information content (AvgIpc) is 3.31. The number of anilines is 1. The van der Waals surface area contributed by atoms with Crippen LogP contribution in [0.3, 0.4) is 0 Å². The maximum Gasteiger partial charge on any atom is 0.231 e. The van der Waals surface area contributed by atoms with Gasteiger partial charge in [0.1, 0.15) is 11.9 Å². The monoisotopic (exact) mass is 339 g/mol. The lowest BCUT2D eigenvalue weighted by atomic mass is 10.4. The number of allylic oxidation sites excluding steroid dienone is 1. The second kappa shape index (κ2) is 6.62. The molecule has 0 aliphatic heterocycles. The summed E-state index contributed by atoms with van der Waals surface area (Å²) in [6.07, 6.45) is 5.11. The van der Waals surface area contributed by atoms with Gasteiger partial charge >= 0.3 is 0 Å². The summed E-state index contributed by atoms with van der Waals surface area (Å²) in [7, 11) is -3.63. The van der Waals surface area contributed by atoms with Crippen LogP contribution in [0.15, 0.2) is 16.3 Å². The number of thioether (sulfide) groups is 1. The third-order valence-electron chi connectivity index (χ3n) is 3.13. The highest BCUT2D eigenvalue weighted by molar-refractivity contribution is 7.98. The van der Waals surface area contributed by atoms with Gasteiger partial charge in [-0.3, -0.25) is 0 Å². The minimum atomic E-state index is -3.63. The van der Waals surface area contributed by atoms with Crippen molar-refractivity contribution in [1.82, 2.24) is 15.0 Å². The summed E-state index contributed by atoms with van der Waals surface area (Å²) >= 11 is 1.39. The minimum absolute atomic E-state index is 0.257. The number of hydrogen-bond donors (Lipinski definition) is 1. The Morgan fingerprint density at radius 2 is 2.09 bits per heavy atom. The number of hydrogen-bond acceptors (Lipinski definition) is 8. The van der Waals surface area contributed by atoms with E-state index in [1.807, 2.05) is 6.26 Å². The van der Waals surface area contributed by atoms with E-state index in [4.69, 9.17) is 5.26 Å². The van der Waals surface area contributed by atoms with Crippen LogP contribution in [-0.4, -0.2) is 34.9 Å². The van der Waals surface area contributed by atoms with Gasteiger partial charge in [0.05, 0.1) is 5.25 Å². The summed E-state index contributed by atoms with van der Waals surface area (Å²) in [5.74, 6) is 1.32. The number of nitrogens with zero attached hydrogens (tertiary/aromatic N) is 4. The highest BCUT2D eigenvalue weighted by Gasteiger charge is 2.28. The molecule has 0 radical (unpaired) electrons. The van der Waals surface area contributed by atoms with Gasteiger partial charge in [0.2, 0.25) is 5.95 Å². The first-order valence-corrected chi connectivity index (χ1v) is 9.56. The first-order chi connectivity index (χ1) is 10.4. The van der Waals surface area contributed by atoms with Crippen molar-refractivity contribution in [2.45, 2.75) is 43.0 Å². The largest absolute Gasteiger partial charge is 0.329 e. The van der Waals surface area contributed by atoms with Gasteiger partial charge in [-0.2, -0.15) is 15.2 Å². The van der Waals surface area contributed by atoms with Gasteiger partial charge in [0, 0.05) is 12.1 Å². The number of nitrogens with one attached hydrogen (secondary N) is 1. The first-order valence-electron chi connectivity index (χ1n) is 6.79. The molecule has 0 unspecified atom stereocenters. The molecule has 9 heteroatoms. The Hall–Kier alpha value is -1.66. The molecule has 0 spiro atoms. The Labute approximate surface area is 134 Å². The van der Waals surface area contributed by atoms with Crippen molar-refractivity contribution in [2.24, 2.45) is 0 Å². The molecular weight excluding hydrogens is 322 g/mol. The van der Waals surface area contributed by atoms with E-state index in [9.17, 15) is 8.42 Å². The second-order valence-electron chi connectivity index (χ2n) is 5.14. The molecule has 1 aromatic heterocycles. The molecule has 22 heavy (non-hydrogen) atoms. The van der Waals surface area contributed by atoms with Crippen LogP contribution >= 0.6 is 11.8 Å². The topological polar surface area (TPSA) is 109 Å². The average molecular weight is 339 g/mol. The van der Waals surface area contributed by atoms with Gasteiger partial charge in [0.25, 0.3) is 0 Å². The van der Waals surface area contributed by atoms with Crippen LogP contribution in [0, 0.1) is 11.3 Å². The van der Waals surface area contributed by atoms with Crippen molar-refractivity contribution < 1.29 is 8.42 Å². The molecule has 1 aliphatic carbocycles. The Morgan fingerprint density at radius 3 is 2.59 bits per heavy atom. The highest BCUT2D eigenvalue weighted by atomic mass is 32.2. The predicted molar refractivity (Wildman–Crippen MR) is 85.0 cm³/mol. The molecule has 1 fully saturated rings. The summed E-state index contributed by atoms with van der Waals surface area (Å²) in [6, 6.07) is 1.71. The van der Waals surface area contributed by atoms with Crippen LogP contribution in [-0.2, 0) is 9.84 Å². The molecule has 0 saturated heterocycles. The molecule has 0 amide bonds. The van der Waals surface area contributed by atoms with Gasteiger partial charge < -0.3 is 5.32 Å². The van der Waals surface area contributed by atoms with Crippen LogP contribution in [0.4, 0.5) is 5.95 Å². The Morgan fingerprint density at radius 1 is 1.41 bits per heavy atom. The van der Waals surface area contributed by atoms with Crippen molar-refractivity contribution in [3.8, 4) is 6.07 Å². The first kappa shape index (κ1) is 16.7. The Bertz CT molecular complexity index is 733. The number of rotatable bonds is 6. The summed E-state index contributed by atoms with van der Waals surface area (Å²) in [5.41, 5.74) is 0. The fourth-order valence-corrected chi connectivity index (χ4v) is 2.83. The SMILES string of the molecule is CSc1nc(N/C=C(\C#N)S(=O)(=O)C(C)C)nc(C2CC2)n1. The van der Waals surface area contributed by atoms with E-state index in [0.29, 0.717) is 16.9 Å². The van der Waals surface area contributed by atoms with Gasteiger partial charge in [-0.1, -0.05) is 11.8 Å². The van der Waals surface area contributed by atoms with Gasteiger partial charge in [-0.15, -0.1) is 0 Å². The van der Waals surface area contributed by atoms with E-state index in [1.54, 1.807) is 6.07 Å². The molecule has 0 bridgehead atoms. The lowest BCUT2D eigenvalue weighted by Gasteiger charge is -2.07. The Balaban J connectivity index is 2.28. The number of aromatic nitrogens is 3. The van der Waals surface area contributed by atoms with Crippen molar-refractivity contribution >= 4 is 27.5 Å². The molecule has 1 aliphatic rings. The smallest absolute Gasteiger partial charge is 0.231 e. The molecule has 2 rings (SSSR count). The van der Waals surface area contributed by atoms with Crippen LogP contribution in [0.5, 0.6) is 0 Å². The van der Waals surface area contributed by atoms with Crippen molar-refractivity contribution in [2.75, 3.05) is 11.6 Å². The molecule has 118 valence electrons. The normalized spacial score (nSPS) is 15.7. The molecule has 0 atom stereocenters. The summed E-state index contributed by atoms with van der Waals surface area (Å²) < 4.78 is 24.0. The Kier molecular flexibility index (Phi) is 5.03. The van der Waals surface area contributed by atoms with Crippen LogP contribution in [0.25, 0.3) is 0 Å². The molecule has 1 saturated carbocycles. The van der Waals surface area contributed by atoms with Crippen molar-refractivity contribution in [3.63, 3.8) is 0 Å². The van der Waals surface area contributed by atoms with E-state index >= 15 is 0 Å². The zero-order chi connectivity index (χ0) is 16.3.